The Labute approximate surface area is 154 Å². The molecule has 0 aliphatic rings. The molecule has 0 amide bonds. The van der Waals surface area contributed by atoms with Gasteiger partial charge in [-0.05, 0) is 12.1 Å². The molecular weight excluding hydrogens is 386 g/mol. The Kier molecular flexibility index (Phi) is 4.95. The average molecular weight is 397 g/mol. The fourth-order valence-corrected chi connectivity index (χ4v) is 2.76. The van der Waals surface area contributed by atoms with Gasteiger partial charge in [0, 0.05) is 10.9 Å². The second-order valence-electron chi connectivity index (χ2n) is 5.60. The molecule has 28 heavy (non-hydrogen) atoms. The number of fused-ring (bicyclic) bond motifs is 1. The molecule has 3 rings (SSSR count). The van der Waals surface area contributed by atoms with Gasteiger partial charge in [0.2, 0.25) is 17.1 Å². The summed E-state index contributed by atoms with van der Waals surface area (Å²) in [4.78, 5) is 23.1. The Morgan fingerprint density at radius 3 is 2.25 bits per heavy atom. The normalized spacial score (nSPS) is 10.9. The Morgan fingerprint density at radius 1 is 1.07 bits per heavy atom. The number of hydrogen-bond donors (Lipinski definition) is 1. The first kappa shape index (κ1) is 19.2. The molecule has 10 heteroatoms. The molecule has 6 nitrogen and oxygen atoms in total. The molecule has 0 saturated carbocycles. The molecule has 0 unspecified atom stereocenters. The summed E-state index contributed by atoms with van der Waals surface area (Å²) in [5.41, 5.74) is -1.62. The van der Waals surface area contributed by atoms with Gasteiger partial charge in [-0.2, -0.15) is 8.78 Å². The van der Waals surface area contributed by atoms with Gasteiger partial charge in [-0.1, -0.05) is 12.1 Å². The van der Waals surface area contributed by atoms with Crippen LogP contribution in [-0.4, -0.2) is 22.9 Å². The fraction of sp³-hybridized carbons (Fsp3) is 0.111. The zero-order valence-electron chi connectivity index (χ0n) is 14.1. The number of methoxy groups -OCH3 is 1. The fourth-order valence-electron chi connectivity index (χ4n) is 2.76. The summed E-state index contributed by atoms with van der Waals surface area (Å²) in [5.74, 6) is -8.65. The predicted molar refractivity (Wildman–Crippen MR) is 88.8 cm³/mol. The summed E-state index contributed by atoms with van der Waals surface area (Å²) in [6, 6.07) is 5.74. The van der Waals surface area contributed by atoms with E-state index in [4.69, 9.17) is 5.11 Å². The van der Waals surface area contributed by atoms with Crippen molar-refractivity contribution in [1.29, 1.82) is 0 Å². The van der Waals surface area contributed by atoms with E-state index in [-0.39, 0.29) is 10.9 Å². The van der Waals surface area contributed by atoms with Crippen molar-refractivity contribution in [2.45, 2.75) is 6.54 Å². The van der Waals surface area contributed by atoms with Crippen molar-refractivity contribution in [3.63, 3.8) is 0 Å². The molecule has 0 aliphatic heterocycles. The maximum Gasteiger partial charge on any atom is 0.511 e. The molecule has 1 aromatic heterocycles. The Bertz CT molecular complexity index is 1130. The highest BCUT2D eigenvalue weighted by Gasteiger charge is 2.26. The Hall–Kier alpha value is -3.56. The lowest BCUT2D eigenvalue weighted by Crippen LogP contribution is -2.18. The second kappa shape index (κ2) is 7.22. The zero-order valence-corrected chi connectivity index (χ0v) is 14.1. The third kappa shape index (κ3) is 3.13. The standard InChI is InChI=1S/C18H11F4NO5/c1-27-17-14(21)12(19)9(13(20)15(17)22)6-23-7-11(28-18(25)26)16(24)8-4-2-3-5-10(8)23/h2-5,7H,6H2,1H3,(H,25,26). The quantitative estimate of drug-likeness (QED) is 0.413. The molecule has 0 saturated heterocycles. The highest BCUT2D eigenvalue weighted by Crippen LogP contribution is 2.31. The lowest BCUT2D eigenvalue weighted by atomic mass is 10.1. The lowest BCUT2D eigenvalue weighted by molar-refractivity contribution is 0.144. The first-order chi connectivity index (χ1) is 13.3. The van der Waals surface area contributed by atoms with E-state index in [0.717, 1.165) is 17.9 Å². The van der Waals surface area contributed by atoms with Crippen LogP contribution < -0.4 is 14.9 Å². The zero-order chi connectivity index (χ0) is 20.6. The number of benzene rings is 2. The number of carbonyl (C=O) groups is 1. The molecule has 0 aliphatic carbocycles. The maximum atomic E-state index is 14.3. The van der Waals surface area contributed by atoms with Crippen LogP contribution in [0.25, 0.3) is 10.9 Å². The summed E-state index contributed by atoms with van der Waals surface area (Å²) in [5, 5.41) is 8.74. The third-order valence-corrected chi connectivity index (χ3v) is 4.00. The summed E-state index contributed by atoms with van der Waals surface area (Å²) < 4.78 is 66.3. The van der Waals surface area contributed by atoms with Gasteiger partial charge < -0.3 is 19.1 Å². The van der Waals surface area contributed by atoms with Crippen molar-refractivity contribution in [3.05, 3.63) is 69.5 Å². The van der Waals surface area contributed by atoms with Crippen molar-refractivity contribution >= 4 is 17.1 Å². The maximum absolute atomic E-state index is 14.3. The van der Waals surface area contributed by atoms with E-state index in [9.17, 15) is 27.2 Å². The largest absolute Gasteiger partial charge is 0.511 e. The molecule has 0 radical (unpaired) electrons. The SMILES string of the molecule is COc1c(F)c(F)c(Cn2cc(OC(=O)O)c(=O)c3ccccc32)c(F)c1F. The number of halogens is 4. The van der Waals surface area contributed by atoms with Gasteiger partial charge in [0.25, 0.3) is 0 Å². The molecule has 146 valence electrons. The van der Waals surface area contributed by atoms with E-state index in [1.54, 1.807) is 0 Å². The molecule has 3 aromatic rings. The summed E-state index contributed by atoms with van der Waals surface area (Å²) in [6.45, 7) is -0.758. The van der Waals surface area contributed by atoms with Gasteiger partial charge in [0.1, 0.15) is 0 Å². The van der Waals surface area contributed by atoms with E-state index in [1.165, 1.54) is 24.3 Å². The molecule has 2 aromatic carbocycles. The third-order valence-electron chi connectivity index (χ3n) is 4.00. The lowest BCUT2D eigenvalue weighted by Gasteiger charge is -2.15. The minimum atomic E-state index is -1.78. The molecule has 0 bridgehead atoms. The van der Waals surface area contributed by atoms with Crippen molar-refractivity contribution in [3.8, 4) is 11.5 Å². The number of pyridine rings is 1. The molecule has 1 N–H and O–H groups in total. The molecule has 0 fully saturated rings. The molecular formula is C18H11F4NO5. The molecule has 0 atom stereocenters. The minimum Gasteiger partial charge on any atom is -0.491 e. The highest BCUT2D eigenvalue weighted by atomic mass is 19.2. The van der Waals surface area contributed by atoms with Gasteiger partial charge in [-0.25, -0.2) is 13.6 Å². The van der Waals surface area contributed by atoms with Gasteiger partial charge in [-0.3, -0.25) is 4.79 Å². The van der Waals surface area contributed by atoms with Crippen LogP contribution in [0.15, 0.2) is 35.3 Å². The summed E-state index contributed by atoms with van der Waals surface area (Å²) >= 11 is 0. The second-order valence-corrected chi connectivity index (χ2v) is 5.60. The number of para-hydroxylation sites is 1. The van der Waals surface area contributed by atoms with E-state index in [0.29, 0.717) is 0 Å². The van der Waals surface area contributed by atoms with Crippen LogP contribution in [0.5, 0.6) is 11.5 Å². The number of hydrogen-bond acceptors (Lipinski definition) is 4. The van der Waals surface area contributed by atoms with Crippen molar-refractivity contribution < 1.29 is 36.9 Å². The van der Waals surface area contributed by atoms with Crippen molar-refractivity contribution in [2.24, 2.45) is 0 Å². The average Bonchev–Trinajstić information content (AvgIpc) is 2.67. The predicted octanol–water partition coefficient (Wildman–Crippen LogP) is 3.67. The Morgan fingerprint density at radius 2 is 1.68 bits per heavy atom. The summed E-state index contributed by atoms with van der Waals surface area (Å²) in [6.07, 6.45) is -0.893. The first-order valence-electron chi connectivity index (χ1n) is 7.68. The van der Waals surface area contributed by atoms with E-state index < -0.39 is 58.5 Å². The number of ether oxygens (including phenoxy) is 2. The van der Waals surface area contributed by atoms with E-state index >= 15 is 0 Å². The first-order valence-corrected chi connectivity index (χ1v) is 7.68. The smallest absolute Gasteiger partial charge is 0.491 e. The van der Waals surface area contributed by atoms with Crippen molar-refractivity contribution in [1.82, 2.24) is 4.57 Å². The highest BCUT2D eigenvalue weighted by molar-refractivity contribution is 5.81. The van der Waals surface area contributed by atoms with Gasteiger partial charge >= 0.3 is 6.16 Å². The minimum absolute atomic E-state index is 0.0171. The van der Waals surface area contributed by atoms with Gasteiger partial charge in [-0.15, -0.1) is 0 Å². The van der Waals surface area contributed by atoms with Crippen LogP contribution >= 0.6 is 0 Å². The topological polar surface area (TPSA) is 77.8 Å². The Balaban J connectivity index is 2.25. The number of carboxylic acid groups (broad SMARTS) is 1. The van der Waals surface area contributed by atoms with Crippen LogP contribution in [0.3, 0.4) is 0 Å². The van der Waals surface area contributed by atoms with E-state index in [2.05, 4.69) is 9.47 Å². The van der Waals surface area contributed by atoms with Crippen LogP contribution in [-0.2, 0) is 6.54 Å². The van der Waals surface area contributed by atoms with Gasteiger partial charge in [0.05, 0.1) is 25.4 Å². The number of rotatable bonds is 4. The number of aromatic nitrogens is 1. The van der Waals surface area contributed by atoms with Crippen LogP contribution in [0.4, 0.5) is 22.4 Å². The van der Waals surface area contributed by atoms with Crippen LogP contribution in [0.1, 0.15) is 5.56 Å². The number of nitrogens with zero attached hydrogens (tertiary/aromatic N) is 1. The van der Waals surface area contributed by atoms with E-state index in [1.807, 2.05) is 0 Å². The molecule has 0 spiro atoms. The van der Waals surface area contributed by atoms with Gasteiger partial charge in [0.15, 0.2) is 23.1 Å². The molecule has 1 heterocycles. The van der Waals surface area contributed by atoms with Crippen LogP contribution in [0, 0.1) is 23.3 Å². The van der Waals surface area contributed by atoms with Crippen molar-refractivity contribution in [2.75, 3.05) is 7.11 Å². The summed E-state index contributed by atoms with van der Waals surface area (Å²) in [7, 11) is 0.852. The van der Waals surface area contributed by atoms with Crippen LogP contribution in [0.2, 0.25) is 0 Å². The monoisotopic (exact) mass is 397 g/mol.